The van der Waals surface area contributed by atoms with Gasteiger partial charge < -0.3 is 15.0 Å². The fourth-order valence-electron chi connectivity index (χ4n) is 1.50. The second kappa shape index (κ2) is 8.93. The van der Waals surface area contributed by atoms with Crippen molar-refractivity contribution < 1.29 is 28.6 Å². The second-order valence-corrected chi connectivity index (χ2v) is 4.17. The topological polar surface area (TPSA) is 106 Å². The minimum Gasteiger partial charge on any atom is -0.497 e. The van der Waals surface area contributed by atoms with E-state index < -0.39 is 29.7 Å². The van der Waals surface area contributed by atoms with Gasteiger partial charge in [-0.25, -0.2) is 4.79 Å². The van der Waals surface area contributed by atoms with E-state index in [1.807, 2.05) is 0 Å². The van der Waals surface area contributed by atoms with E-state index in [0.717, 1.165) is 0 Å². The van der Waals surface area contributed by atoms with Crippen LogP contribution in [0.3, 0.4) is 0 Å². The van der Waals surface area contributed by atoms with Crippen LogP contribution in [0.1, 0.15) is 18.9 Å². The van der Waals surface area contributed by atoms with Gasteiger partial charge in [-0.1, -0.05) is 5.92 Å². The number of esters is 1. The second-order valence-electron chi connectivity index (χ2n) is 4.17. The number of hydrogen-bond donors (Lipinski definition) is 0. The summed E-state index contributed by atoms with van der Waals surface area (Å²) in [7, 11) is 1.53. The molecule has 0 unspecified atom stereocenters. The molecule has 0 heterocycles. The molecule has 0 saturated heterocycles. The molecule has 7 nitrogen and oxygen atoms in total. The van der Waals surface area contributed by atoms with Crippen LogP contribution in [-0.4, -0.2) is 41.8 Å². The molecule has 0 radical (unpaired) electrons. The van der Waals surface area contributed by atoms with E-state index in [1.54, 1.807) is 24.3 Å². The van der Waals surface area contributed by atoms with Crippen LogP contribution in [0, 0.1) is 11.8 Å². The number of nitrogens with zero attached hydrogens (tertiary/aromatic N) is 2. The van der Waals surface area contributed by atoms with Gasteiger partial charge in [0.15, 0.2) is 0 Å². The first kappa shape index (κ1) is 17.8. The lowest BCUT2D eigenvalue weighted by Crippen LogP contribution is -2.28. The molecule has 1 aromatic rings. The van der Waals surface area contributed by atoms with Gasteiger partial charge in [-0.15, -0.1) is 0 Å². The van der Waals surface area contributed by atoms with Crippen molar-refractivity contribution in [2.24, 2.45) is 0 Å². The van der Waals surface area contributed by atoms with Crippen LogP contribution in [0.4, 0.5) is 0 Å². The lowest BCUT2D eigenvalue weighted by atomic mass is 10.1. The third kappa shape index (κ3) is 5.58. The fraction of sp³-hybridized carbons (Fsp3) is 0.250. The van der Waals surface area contributed by atoms with Gasteiger partial charge >= 0.3 is 11.7 Å². The van der Waals surface area contributed by atoms with Crippen LogP contribution < -0.4 is 4.74 Å². The van der Waals surface area contributed by atoms with Crippen LogP contribution in [-0.2, 0) is 19.1 Å². The minimum absolute atomic E-state index is 0.0103. The number of carbonyl (C=O) groups excluding carboxylic acids is 3. The number of hydrogen-bond acceptors (Lipinski definition) is 5. The van der Waals surface area contributed by atoms with Crippen LogP contribution in [0.5, 0.6) is 5.75 Å². The number of methoxy groups -OCH3 is 1. The van der Waals surface area contributed by atoms with E-state index in [4.69, 9.17) is 10.3 Å². The zero-order chi connectivity index (χ0) is 17.2. The molecule has 1 aromatic carbocycles. The third-order valence-electron chi connectivity index (χ3n) is 2.59. The molecular formula is C16H14N2O5. The average Bonchev–Trinajstić information content (AvgIpc) is 2.54. The number of Topliss-reactive ketones (excluding diaryl/α,β-unsaturated/α-hetero) is 2. The molecule has 0 aliphatic rings. The molecule has 23 heavy (non-hydrogen) atoms. The summed E-state index contributed by atoms with van der Waals surface area (Å²) in [5.74, 6) is 2.76. The Balaban J connectivity index is 2.72. The van der Waals surface area contributed by atoms with E-state index in [2.05, 4.69) is 21.4 Å². The Bertz CT molecular complexity index is 719. The normalized spacial score (nSPS) is 8.96. The minimum atomic E-state index is -1.09. The molecule has 0 bridgehead atoms. The van der Waals surface area contributed by atoms with Crippen molar-refractivity contribution >= 4 is 23.2 Å². The van der Waals surface area contributed by atoms with Crippen molar-refractivity contribution in [1.82, 2.24) is 0 Å². The Hall–Kier alpha value is -3.23. The smallest absolute Gasteiger partial charge is 0.441 e. The van der Waals surface area contributed by atoms with Gasteiger partial charge in [0, 0.05) is 5.56 Å². The van der Waals surface area contributed by atoms with Crippen molar-refractivity contribution in [2.45, 2.75) is 13.3 Å². The Kier molecular flexibility index (Phi) is 6.92. The third-order valence-corrected chi connectivity index (χ3v) is 2.59. The summed E-state index contributed by atoms with van der Waals surface area (Å²) >= 11 is 0. The Morgan fingerprint density at radius 3 is 2.39 bits per heavy atom. The average molecular weight is 314 g/mol. The molecule has 0 fully saturated rings. The van der Waals surface area contributed by atoms with Crippen LogP contribution in [0.25, 0.3) is 5.53 Å². The maximum atomic E-state index is 11.7. The quantitative estimate of drug-likeness (QED) is 0.193. The van der Waals surface area contributed by atoms with Crippen molar-refractivity contribution in [1.29, 1.82) is 0 Å². The maximum absolute atomic E-state index is 11.7. The number of ether oxygens (including phenoxy) is 2. The van der Waals surface area contributed by atoms with E-state index in [0.29, 0.717) is 11.3 Å². The monoisotopic (exact) mass is 314 g/mol. The van der Waals surface area contributed by atoms with Crippen molar-refractivity contribution in [3.8, 4) is 17.6 Å². The molecule has 118 valence electrons. The van der Waals surface area contributed by atoms with Gasteiger partial charge in [0.25, 0.3) is 5.78 Å². The first-order chi connectivity index (χ1) is 11.0. The molecular weight excluding hydrogens is 300 g/mol. The summed E-state index contributed by atoms with van der Waals surface area (Å²) in [6.45, 7) is 1.54. The van der Waals surface area contributed by atoms with Gasteiger partial charge in [0.05, 0.1) is 20.1 Å². The van der Waals surface area contributed by atoms with E-state index >= 15 is 0 Å². The highest BCUT2D eigenvalue weighted by Crippen LogP contribution is 2.10. The van der Waals surface area contributed by atoms with Gasteiger partial charge in [-0.3, -0.25) is 9.59 Å². The molecule has 7 heteroatoms. The largest absolute Gasteiger partial charge is 0.497 e. The summed E-state index contributed by atoms with van der Waals surface area (Å²) in [4.78, 5) is 37.3. The number of rotatable bonds is 6. The summed E-state index contributed by atoms with van der Waals surface area (Å²) in [6, 6.07) is 6.66. The van der Waals surface area contributed by atoms with Crippen molar-refractivity contribution in [3.05, 3.63) is 35.4 Å². The summed E-state index contributed by atoms with van der Waals surface area (Å²) in [5.41, 5.74) is 8.41. The standard InChI is InChI=1S/C16H14N2O5/c1-3-23-16(21)15(18-17)14(20)10-12(19)7-4-11-5-8-13(22-2)9-6-11/h5-6,8-9H,3,10H2,1-2H3. The number of ketones is 2. The first-order valence-corrected chi connectivity index (χ1v) is 6.63. The van der Waals surface area contributed by atoms with Crippen LogP contribution in [0.2, 0.25) is 0 Å². The van der Waals surface area contributed by atoms with Gasteiger partial charge in [-0.05, 0) is 37.1 Å². The summed E-state index contributed by atoms with van der Waals surface area (Å²) in [6.07, 6.45) is -0.679. The first-order valence-electron chi connectivity index (χ1n) is 6.63. The molecule has 0 spiro atoms. The maximum Gasteiger partial charge on any atom is 0.441 e. The molecule has 0 atom stereocenters. The zero-order valence-electron chi connectivity index (χ0n) is 12.7. The predicted molar refractivity (Wildman–Crippen MR) is 79.8 cm³/mol. The molecule has 0 aliphatic heterocycles. The Morgan fingerprint density at radius 1 is 1.22 bits per heavy atom. The van der Waals surface area contributed by atoms with Gasteiger partial charge in [0.1, 0.15) is 5.75 Å². The van der Waals surface area contributed by atoms with Crippen molar-refractivity contribution in [3.63, 3.8) is 0 Å². The SMILES string of the molecule is CCOC(=O)C(=[N+]=[N-])C(=O)CC(=O)C#Cc1ccc(OC)cc1. The lowest BCUT2D eigenvalue weighted by Gasteiger charge is -1.97. The molecule has 0 aromatic heterocycles. The lowest BCUT2D eigenvalue weighted by molar-refractivity contribution is -0.141. The molecule has 0 aliphatic carbocycles. The molecule has 0 N–H and O–H groups in total. The highest BCUT2D eigenvalue weighted by Gasteiger charge is 2.31. The molecule has 0 amide bonds. The van der Waals surface area contributed by atoms with Gasteiger partial charge in [0.2, 0.25) is 5.78 Å². The van der Waals surface area contributed by atoms with E-state index in [-0.39, 0.29) is 6.61 Å². The van der Waals surface area contributed by atoms with Crippen LogP contribution >= 0.6 is 0 Å². The highest BCUT2D eigenvalue weighted by molar-refractivity contribution is 6.63. The highest BCUT2D eigenvalue weighted by atomic mass is 16.5. The van der Waals surface area contributed by atoms with E-state index in [1.165, 1.54) is 14.0 Å². The van der Waals surface area contributed by atoms with E-state index in [9.17, 15) is 14.4 Å². The van der Waals surface area contributed by atoms with Crippen LogP contribution in [0.15, 0.2) is 24.3 Å². The summed E-state index contributed by atoms with van der Waals surface area (Å²) in [5, 5.41) is 0. The number of benzene rings is 1. The summed E-state index contributed by atoms with van der Waals surface area (Å²) < 4.78 is 9.53. The molecule has 0 saturated carbocycles. The van der Waals surface area contributed by atoms with Crippen molar-refractivity contribution in [2.75, 3.05) is 13.7 Å². The predicted octanol–water partition coefficient (Wildman–Crippen LogP) is 0.809. The zero-order valence-corrected chi connectivity index (χ0v) is 12.7. The Labute approximate surface area is 132 Å². The Morgan fingerprint density at radius 2 is 1.87 bits per heavy atom. The number of carbonyl (C=O) groups is 3. The fourth-order valence-corrected chi connectivity index (χ4v) is 1.50. The molecule has 1 rings (SSSR count). The van der Waals surface area contributed by atoms with Gasteiger partial charge in [-0.2, -0.15) is 4.79 Å².